The van der Waals surface area contributed by atoms with Crippen LogP contribution in [0.1, 0.15) is 32.3 Å². The lowest BCUT2D eigenvalue weighted by Gasteiger charge is -2.39. The molecule has 5 aliphatic rings. The largest absolute Gasteiger partial charge is 0.472 e. The Morgan fingerprint density at radius 3 is 2.04 bits per heavy atom. The zero-order valence-corrected chi connectivity index (χ0v) is 26.3. The number of esters is 2. The van der Waals surface area contributed by atoms with Gasteiger partial charge in [0, 0.05) is 29.6 Å². The van der Waals surface area contributed by atoms with Crippen molar-refractivity contribution in [3.63, 3.8) is 0 Å². The first-order valence-electron chi connectivity index (χ1n) is 16.1. The van der Waals surface area contributed by atoms with Gasteiger partial charge in [0.25, 0.3) is 0 Å². The lowest BCUT2D eigenvalue weighted by Crippen LogP contribution is -2.60. The van der Waals surface area contributed by atoms with Crippen LogP contribution in [0.25, 0.3) is 0 Å². The second-order valence-corrected chi connectivity index (χ2v) is 13.3. The zero-order chi connectivity index (χ0) is 34.4. The fraction of sp³-hybridized carbons (Fsp3) is 0.636. The average molecular weight is 679 g/mol. The summed E-state index contributed by atoms with van der Waals surface area (Å²) in [6.07, 6.45) is -7.98. The molecule has 1 aromatic rings. The van der Waals surface area contributed by atoms with Crippen molar-refractivity contribution >= 4 is 11.9 Å². The highest BCUT2D eigenvalue weighted by Crippen LogP contribution is 2.49. The minimum absolute atomic E-state index is 0.128. The smallest absolute Gasteiger partial charge is 0.337 e. The van der Waals surface area contributed by atoms with E-state index in [2.05, 4.69) is 0 Å². The van der Waals surface area contributed by atoms with Gasteiger partial charge in [0.15, 0.2) is 12.6 Å². The van der Waals surface area contributed by atoms with Crippen LogP contribution in [0.3, 0.4) is 0 Å². The first kappa shape index (κ1) is 34.6. The number of ether oxygens (including phenoxy) is 6. The van der Waals surface area contributed by atoms with Crippen LogP contribution in [0.15, 0.2) is 47.9 Å². The number of benzene rings is 1. The predicted molar refractivity (Wildman–Crippen MR) is 158 cm³/mol. The fourth-order valence-corrected chi connectivity index (χ4v) is 7.67. The van der Waals surface area contributed by atoms with Crippen LogP contribution in [0.2, 0.25) is 0 Å². The Labute approximate surface area is 275 Å². The van der Waals surface area contributed by atoms with Gasteiger partial charge in [-0.1, -0.05) is 26.0 Å². The quantitative estimate of drug-likeness (QED) is 0.167. The molecule has 1 aromatic carbocycles. The van der Waals surface area contributed by atoms with Crippen molar-refractivity contribution in [1.82, 2.24) is 0 Å². The zero-order valence-electron chi connectivity index (χ0n) is 26.3. The van der Waals surface area contributed by atoms with Gasteiger partial charge in [-0.15, -0.1) is 0 Å². The van der Waals surface area contributed by atoms with E-state index < -0.39 is 97.7 Å². The number of hydrogen-bond donors (Lipinski definition) is 7. The number of carbonyl (C=O) groups is 2. The molecule has 6 rings (SSSR count). The van der Waals surface area contributed by atoms with Crippen molar-refractivity contribution in [1.29, 1.82) is 0 Å². The molecule has 15 nitrogen and oxygen atoms in total. The van der Waals surface area contributed by atoms with E-state index in [1.165, 1.54) is 24.7 Å². The molecule has 3 fully saturated rings. The van der Waals surface area contributed by atoms with Gasteiger partial charge in [-0.3, -0.25) is 0 Å². The van der Waals surface area contributed by atoms with Crippen molar-refractivity contribution in [3.8, 4) is 5.75 Å². The molecule has 0 unspecified atom stereocenters. The van der Waals surface area contributed by atoms with Gasteiger partial charge in [0.05, 0.1) is 36.4 Å². The Morgan fingerprint density at radius 2 is 1.40 bits per heavy atom. The van der Waals surface area contributed by atoms with E-state index in [0.29, 0.717) is 5.56 Å². The molecule has 2 saturated carbocycles. The van der Waals surface area contributed by atoms with Gasteiger partial charge in [-0.05, 0) is 36.5 Å². The molecule has 0 aromatic heterocycles. The number of rotatable bonds is 8. The first-order chi connectivity index (χ1) is 22.9. The van der Waals surface area contributed by atoms with Crippen molar-refractivity contribution < 1.29 is 73.8 Å². The molecule has 0 amide bonds. The molecule has 15 atom stereocenters. The second-order valence-electron chi connectivity index (χ2n) is 13.3. The van der Waals surface area contributed by atoms with Crippen LogP contribution in [0.4, 0.5) is 0 Å². The van der Waals surface area contributed by atoms with Crippen LogP contribution >= 0.6 is 0 Å². The number of carbonyl (C=O) groups excluding carboxylic acids is 2. The number of hydrogen-bond acceptors (Lipinski definition) is 15. The van der Waals surface area contributed by atoms with Gasteiger partial charge < -0.3 is 64.2 Å². The highest BCUT2D eigenvalue weighted by atomic mass is 16.7. The summed E-state index contributed by atoms with van der Waals surface area (Å²) in [5, 5.41) is 70.8. The Morgan fingerprint density at radius 1 is 0.792 bits per heavy atom. The summed E-state index contributed by atoms with van der Waals surface area (Å²) < 4.78 is 33.1. The normalized spacial score (nSPS) is 41.9. The maximum atomic E-state index is 13.3. The summed E-state index contributed by atoms with van der Waals surface area (Å²) in [7, 11) is 0. The summed E-state index contributed by atoms with van der Waals surface area (Å²) >= 11 is 0. The number of aliphatic hydroxyl groups excluding tert-OH is 7. The Kier molecular flexibility index (Phi) is 10.0. The van der Waals surface area contributed by atoms with Gasteiger partial charge in [0.1, 0.15) is 42.9 Å². The summed E-state index contributed by atoms with van der Waals surface area (Å²) in [6.45, 7) is 2.88. The highest BCUT2D eigenvalue weighted by molar-refractivity contribution is 5.90. The standard InChI is InChI=1S/C33H42O15/c1-13-21(35)7-17-20(12-45-31(41)24(13)17)30(40)47-22-8-18-19(11-44-32(42)25(18)14(22)2)29(39)43-10-15-3-5-16(6-4-15)46-33-28(38)27(37)26(36)23(9-34)48-33/h3-6,11-14,17-18,21-28,31-38,41-42H,7-10H2,1-2H3/t13-,14-,17+,18+,21-,22-,23+,24+,25+,26+,27-,28+,31+,32+,33+/m0/s1. The molecule has 0 radical (unpaired) electrons. The molecule has 0 bridgehead atoms. The van der Waals surface area contributed by atoms with Crippen molar-refractivity contribution in [2.75, 3.05) is 6.61 Å². The van der Waals surface area contributed by atoms with Crippen molar-refractivity contribution in [2.24, 2.45) is 35.5 Å². The lowest BCUT2D eigenvalue weighted by molar-refractivity contribution is -0.277. The summed E-state index contributed by atoms with van der Waals surface area (Å²) in [6, 6.07) is 6.27. The van der Waals surface area contributed by atoms with Gasteiger partial charge in [-0.2, -0.15) is 0 Å². The van der Waals surface area contributed by atoms with E-state index in [0.717, 1.165) is 0 Å². The topological polar surface area (TPSA) is 231 Å². The van der Waals surface area contributed by atoms with Crippen LogP contribution in [-0.4, -0.2) is 110 Å². The molecule has 15 heteroatoms. The van der Waals surface area contributed by atoms with Gasteiger partial charge >= 0.3 is 11.9 Å². The van der Waals surface area contributed by atoms with Crippen molar-refractivity contribution in [2.45, 2.75) is 88.8 Å². The van der Waals surface area contributed by atoms with E-state index in [4.69, 9.17) is 28.4 Å². The Balaban J connectivity index is 1.05. The molecule has 0 spiro atoms. The Bertz CT molecular complexity index is 1390. The molecular weight excluding hydrogens is 636 g/mol. The van der Waals surface area contributed by atoms with Crippen LogP contribution in [-0.2, 0) is 39.9 Å². The van der Waals surface area contributed by atoms with E-state index in [-0.39, 0.29) is 48.2 Å². The SMILES string of the molecule is C[C@@H]1[C@H]2[C@H](O)OC=C(C(=O)OCc3ccc(O[C@@H]4O[C@H](CO)[C@@H](O)[C@H](O)[C@H]4O)cc3)[C@H]2C[C@@H]1OC(=O)C1=CO[C@@H](O)[C@@H]2[C@@H](C)[C@@H](O)C[C@H]12. The highest BCUT2D eigenvalue weighted by Gasteiger charge is 2.54. The van der Waals surface area contributed by atoms with Crippen LogP contribution in [0.5, 0.6) is 5.75 Å². The van der Waals surface area contributed by atoms with E-state index in [1.807, 2.05) is 0 Å². The summed E-state index contributed by atoms with van der Waals surface area (Å²) in [4.78, 5) is 26.6. The lowest BCUT2D eigenvalue weighted by atomic mass is 9.83. The molecule has 264 valence electrons. The Hall–Kier alpha value is -3.28. The molecule has 2 aliphatic carbocycles. The molecular formula is C33H42O15. The summed E-state index contributed by atoms with van der Waals surface area (Å²) in [5.41, 5.74) is 1.00. The minimum Gasteiger partial charge on any atom is -0.472 e. The molecule has 1 saturated heterocycles. The number of fused-ring (bicyclic) bond motifs is 2. The third-order valence-corrected chi connectivity index (χ3v) is 10.6. The van der Waals surface area contributed by atoms with Gasteiger partial charge in [-0.25, -0.2) is 9.59 Å². The van der Waals surface area contributed by atoms with E-state index in [9.17, 15) is 45.3 Å². The third-order valence-electron chi connectivity index (χ3n) is 10.6. The minimum atomic E-state index is -1.58. The van der Waals surface area contributed by atoms with E-state index >= 15 is 0 Å². The van der Waals surface area contributed by atoms with E-state index in [1.54, 1.807) is 26.0 Å². The van der Waals surface area contributed by atoms with Crippen molar-refractivity contribution in [3.05, 3.63) is 53.5 Å². The predicted octanol–water partition coefficient (Wildman–Crippen LogP) is -0.809. The first-order valence-corrected chi connectivity index (χ1v) is 16.1. The van der Waals surface area contributed by atoms with Crippen LogP contribution < -0.4 is 4.74 Å². The molecule has 3 aliphatic heterocycles. The maximum Gasteiger partial charge on any atom is 0.337 e. The van der Waals surface area contributed by atoms with Gasteiger partial charge in [0.2, 0.25) is 6.29 Å². The maximum absolute atomic E-state index is 13.3. The second kappa shape index (κ2) is 13.9. The van der Waals surface area contributed by atoms with Crippen LogP contribution in [0, 0.1) is 35.5 Å². The molecule has 3 heterocycles. The average Bonchev–Trinajstić information content (AvgIpc) is 3.56. The third kappa shape index (κ3) is 6.41. The molecule has 48 heavy (non-hydrogen) atoms. The monoisotopic (exact) mass is 678 g/mol. The fourth-order valence-electron chi connectivity index (χ4n) is 7.67. The number of aliphatic hydroxyl groups is 7. The molecule has 7 N–H and O–H groups in total. The summed E-state index contributed by atoms with van der Waals surface area (Å²) in [5.74, 6) is -3.71.